The summed E-state index contributed by atoms with van der Waals surface area (Å²) in [7, 11) is 1.11. The van der Waals surface area contributed by atoms with Crippen LogP contribution in [0.1, 0.15) is 47.1 Å². The van der Waals surface area contributed by atoms with E-state index in [2.05, 4.69) is 21.2 Å². The van der Waals surface area contributed by atoms with E-state index >= 15 is 0 Å². The van der Waals surface area contributed by atoms with E-state index in [1.165, 1.54) is 35.2 Å². The Hall–Kier alpha value is -4.30. The number of carboxylic acid groups (broad SMARTS) is 1. The van der Waals surface area contributed by atoms with Crippen LogP contribution in [0.25, 0.3) is 0 Å². The zero-order chi connectivity index (χ0) is 30.0. The molecule has 0 radical (unpaired) electrons. The van der Waals surface area contributed by atoms with Crippen LogP contribution in [0, 0.1) is 0 Å². The van der Waals surface area contributed by atoms with Gasteiger partial charge in [-0.1, -0.05) is 6.07 Å². The third-order valence-corrected chi connectivity index (χ3v) is 5.62. The van der Waals surface area contributed by atoms with Crippen LogP contribution in [-0.4, -0.2) is 72.6 Å². The number of methoxy groups -OCH3 is 1. The Balaban J connectivity index is 2.38. The van der Waals surface area contributed by atoms with Crippen molar-refractivity contribution in [2.24, 2.45) is 0 Å². The molecule has 13 nitrogen and oxygen atoms in total. The zero-order valence-corrected chi connectivity index (χ0v) is 23.7. The number of carbonyl (C=O) groups is 6. The standard InChI is InChI=1S/C26H27BrN2O11/c1-5-38-25(35)16-7-9-20(19(27)10-16)28-21(32)12-29(13-22(33)34)11-17-6-8-18(26(36)37-4)24(40-15(3)31)23(17)39-14(2)30/h6-10H,5,11-13H2,1-4H3,(H,28,32)(H,33,34). The maximum atomic E-state index is 12.9. The molecule has 0 aliphatic rings. The first-order chi connectivity index (χ1) is 18.9. The lowest BCUT2D eigenvalue weighted by atomic mass is 10.1. The van der Waals surface area contributed by atoms with Crippen molar-refractivity contribution < 1.29 is 52.8 Å². The lowest BCUT2D eigenvalue weighted by molar-refractivity contribution is -0.139. The first kappa shape index (κ1) is 31.9. The number of carboxylic acids is 1. The number of nitrogens with one attached hydrogen (secondary N) is 1. The first-order valence-corrected chi connectivity index (χ1v) is 12.5. The van der Waals surface area contributed by atoms with E-state index in [1.807, 2.05) is 0 Å². The molecule has 0 atom stereocenters. The van der Waals surface area contributed by atoms with Crippen LogP contribution in [0.3, 0.4) is 0 Å². The summed E-state index contributed by atoms with van der Waals surface area (Å²) >= 11 is 3.28. The van der Waals surface area contributed by atoms with Gasteiger partial charge in [0.15, 0.2) is 11.5 Å². The summed E-state index contributed by atoms with van der Waals surface area (Å²) < 4.78 is 20.4. The molecule has 2 aromatic carbocycles. The predicted molar refractivity (Wildman–Crippen MR) is 142 cm³/mol. The molecule has 0 aliphatic heterocycles. The topological polar surface area (TPSA) is 175 Å². The second kappa shape index (κ2) is 14.7. The Morgan fingerprint density at radius 3 is 2.12 bits per heavy atom. The van der Waals surface area contributed by atoms with E-state index in [9.17, 15) is 33.9 Å². The van der Waals surface area contributed by atoms with Gasteiger partial charge >= 0.3 is 29.8 Å². The van der Waals surface area contributed by atoms with Gasteiger partial charge in [0.1, 0.15) is 5.56 Å². The molecule has 0 spiro atoms. The maximum absolute atomic E-state index is 12.9. The van der Waals surface area contributed by atoms with Gasteiger partial charge in [-0.25, -0.2) is 9.59 Å². The number of nitrogens with zero attached hydrogens (tertiary/aromatic N) is 1. The van der Waals surface area contributed by atoms with Crippen LogP contribution in [0.2, 0.25) is 0 Å². The van der Waals surface area contributed by atoms with E-state index in [4.69, 9.17) is 18.9 Å². The van der Waals surface area contributed by atoms with E-state index in [-0.39, 0.29) is 35.6 Å². The predicted octanol–water partition coefficient (Wildman–Crippen LogP) is 2.79. The molecule has 40 heavy (non-hydrogen) atoms. The minimum atomic E-state index is -1.26. The third kappa shape index (κ3) is 9.17. The Labute approximate surface area is 237 Å². The molecule has 2 N–H and O–H groups in total. The fourth-order valence-electron chi connectivity index (χ4n) is 3.45. The number of halogens is 1. The van der Waals surface area contributed by atoms with Gasteiger partial charge in [-0.15, -0.1) is 0 Å². The Bertz CT molecular complexity index is 1330. The fraction of sp³-hybridized carbons (Fsp3) is 0.308. The van der Waals surface area contributed by atoms with Crippen LogP contribution < -0.4 is 14.8 Å². The van der Waals surface area contributed by atoms with Gasteiger partial charge in [0.05, 0.1) is 38.1 Å². The molecule has 0 saturated heterocycles. The minimum Gasteiger partial charge on any atom is -0.480 e. The van der Waals surface area contributed by atoms with Crippen molar-refractivity contribution in [2.75, 3.05) is 32.1 Å². The quantitative estimate of drug-likeness (QED) is 0.262. The molecule has 0 unspecified atom stereocenters. The summed E-state index contributed by atoms with van der Waals surface area (Å²) in [5.41, 5.74) is 0.509. The summed E-state index contributed by atoms with van der Waals surface area (Å²) in [6, 6.07) is 7.01. The highest BCUT2D eigenvalue weighted by molar-refractivity contribution is 9.10. The number of aliphatic carboxylic acids is 1. The van der Waals surface area contributed by atoms with Crippen molar-refractivity contribution >= 4 is 57.4 Å². The van der Waals surface area contributed by atoms with Crippen LogP contribution in [0.5, 0.6) is 11.5 Å². The number of hydrogen-bond donors (Lipinski definition) is 2. The first-order valence-electron chi connectivity index (χ1n) is 11.7. The van der Waals surface area contributed by atoms with E-state index in [0.717, 1.165) is 21.0 Å². The molecular formula is C26H27BrN2O11. The molecule has 14 heteroatoms. The van der Waals surface area contributed by atoms with Crippen molar-refractivity contribution in [3.63, 3.8) is 0 Å². The summed E-state index contributed by atoms with van der Waals surface area (Å²) in [4.78, 5) is 73.4. The van der Waals surface area contributed by atoms with Crippen molar-refractivity contribution in [3.8, 4) is 11.5 Å². The second-order valence-corrected chi connectivity index (χ2v) is 8.97. The van der Waals surface area contributed by atoms with Crippen molar-refractivity contribution in [1.29, 1.82) is 0 Å². The van der Waals surface area contributed by atoms with Gasteiger partial charge in [-0.2, -0.15) is 0 Å². The minimum absolute atomic E-state index is 0.146. The SMILES string of the molecule is CCOC(=O)c1ccc(NC(=O)CN(CC(=O)O)Cc2ccc(C(=O)OC)c(OC(C)=O)c2OC(C)=O)c(Br)c1. The zero-order valence-electron chi connectivity index (χ0n) is 22.1. The molecule has 1 amide bonds. The number of hydrogen-bond acceptors (Lipinski definition) is 11. The average molecular weight is 623 g/mol. The van der Waals surface area contributed by atoms with Crippen LogP contribution in [-0.2, 0) is 35.2 Å². The molecule has 0 fully saturated rings. The average Bonchev–Trinajstić information content (AvgIpc) is 2.85. The Kier molecular flexibility index (Phi) is 11.8. The third-order valence-electron chi connectivity index (χ3n) is 4.96. The number of esters is 4. The van der Waals surface area contributed by atoms with Gasteiger partial charge in [0, 0.05) is 30.4 Å². The Morgan fingerprint density at radius 2 is 1.57 bits per heavy atom. The smallest absolute Gasteiger partial charge is 0.341 e. The number of carbonyl (C=O) groups excluding carboxylic acids is 5. The number of ether oxygens (including phenoxy) is 4. The summed E-state index contributed by atoms with van der Waals surface area (Å²) in [5, 5.41) is 12.1. The maximum Gasteiger partial charge on any atom is 0.341 e. The van der Waals surface area contributed by atoms with Crippen molar-refractivity contribution in [2.45, 2.75) is 27.3 Å². The van der Waals surface area contributed by atoms with Crippen molar-refractivity contribution in [3.05, 3.63) is 51.5 Å². The highest BCUT2D eigenvalue weighted by Gasteiger charge is 2.26. The lowest BCUT2D eigenvalue weighted by Gasteiger charge is -2.23. The van der Waals surface area contributed by atoms with E-state index < -0.39 is 54.6 Å². The van der Waals surface area contributed by atoms with Gasteiger partial charge < -0.3 is 29.4 Å². The lowest BCUT2D eigenvalue weighted by Crippen LogP contribution is -2.36. The normalized spacial score (nSPS) is 10.4. The summed E-state index contributed by atoms with van der Waals surface area (Å²) in [5.74, 6) is -5.61. The molecule has 214 valence electrons. The molecular weight excluding hydrogens is 596 g/mol. The second-order valence-electron chi connectivity index (χ2n) is 8.11. The number of anilines is 1. The molecule has 0 aliphatic carbocycles. The van der Waals surface area contributed by atoms with Gasteiger partial charge in [-0.05, 0) is 47.1 Å². The largest absolute Gasteiger partial charge is 0.480 e. The van der Waals surface area contributed by atoms with Crippen LogP contribution >= 0.6 is 15.9 Å². The van der Waals surface area contributed by atoms with Gasteiger partial charge in [-0.3, -0.25) is 24.1 Å². The summed E-state index contributed by atoms with van der Waals surface area (Å²) in [6.45, 7) is 2.73. The number of amides is 1. The molecule has 2 aromatic rings. The van der Waals surface area contributed by atoms with Crippen molar-refractivity contribution in [1.82, 2.24) is 4.90 Å². The fourth-order valence-corrected chi connectivity index (χ4v) is 3.93. The van der Waals surface area contributed by atoms with E-state index in [0.29, 0.717) is 10.2 Å². The molecule has 2 rings (SSSR count). The van der Waals surface area contributed by atoms with Gasteiger partial charge in [0.2, 0.25) is 5.91 Å². The van der Waals surface area contributed by atoms with E-state index in [1.54, 1.807) is 6.92 Å². The highest BCUT2D eigenvalue weighted by atomic mass is 79.9. The van der Waals surface area contributed by atoms with Crippen LogP contribution in [0.15, 0.2) is 34.8 Å². The monoisotopic (exact) mass is 622 g/mol. The van der Waals surface area contributed by atoms with Gasteiger partial charge in [0.25, 0.3) is 0 Å². The molecule has 0 bridgehead atoms. The van der Waals surface area contributed by atoms with Crippen LogP contribution in [0.4, 0.5) is 5.69 Å². The summed E-state index contributed by atoms with van der Waals surface area (Å²) in [6.07, 6.45) is 0. The molecule has 0 saturated carbocycles. The highest BCUT2D eigenvalue weighted by Crippen LogP contribution is 2.37. The molecule has 0 aromatic heterocycles. The number of benzene rings is 2. The Morgan fingerprint density at radius 1 is 0.925 bits per heavy atom. The number of rotatable bonds is 12. The molecule has 0 heterocycles.